The second-order valence-corrected chi connectivity index (χ2v) is 6.61. The molecule has 0 aliphatic carbocycles. The van der Waals surface area contributed by atoms with Crippen LogP contribution < -0.4 is 20.1 Å². The molecule has 0 radical (unpaired) electrons. The van der Waals surface area contributed by atoms with Crippen molar-refractivity contribution in [3.8, 4) is 11.5 Å². The molecule has 3 rings (SSSR count). The molecule has 0 fully saturated rings. The van der Waals surface area contributed by atoms with E-state index in [1.54, 1.807) is 32.4 Å². The second-order valence-electron chi connectivity index (χ2n) is 6.61. The molecule has 0 aliphatic heterocycles. The van der Waals surface area contributed by atoms with Crippen molar-refractivity contribution in [2.24, 2.45) is 0 Å². The summed E-state index contributed by atoms with van der Waals surface area (Å²) in [7, 11) is 3.15. The number of amides is 2. The van der Waals surface area contributed by atoms with Crippen LogP contribution in [0.3, 0.4) is 0 Å². The maximum absolute atomic E-state index is 12.4. The summed E-state index contributed by atoms with van der Waals surface area (Å²) in [5, 5.41) is 5.78. The Morgan fingerprint density at radius 2 is 1.48 bits per heavy atom. The van der Waals surface area contributed by atoms with Gasteiger partial charge >= 0.3 is 6.03 Å². The molecule has 5 nitrogen and oxygen atoms in total. The van der Waals surface area contributed by atoms with Gasteiger partial charge in [-0.15, -0.1) is 0 Å². The minimum absolute atomic E-state index is 0.216. The first kappa shape index (κ1) is 20.3. The van der Waals surface area contributed by atoms with Crippen molar-refractivity contribution in [2.75, 3.05) is 26.1 Å². The Bertz CT molecular complexity index is 874. The molecule has 0 atom stereocenters. The number of carbonyl (C=O) groups excluding carboxylic acids is 1. The van der Waals surface area contributed by atoms with Crippen LogP contribution in [0.5, 0.6) is 11.5 Å². The molecule has 0 spiro atoms. The fraction of sp³-hybridized carbons (Fsp3) is 0.208. The van der Waals surface area contributed by atoms with Gasteiger partial charge in [0.1, 0.15) is 11.5 Å². The summed E-state index contributed by atoms with van der Waals surface area (Å²) in [4.78, 5) is 12.4. The van der Waals surface area contributed by atoms with Crippen LogP contribution in [0.1, 0.15) is 23.5 Å². The lowest BCUT2D eigenvalue weighted by atomic mass is 9.88. The highest BCUT2D eigenvalue weighted by molar-refractivity contribution is 5.91. The third-order valence-electron chi connectivity index (χ3n) is 4.78. The van der Waals surface area contributed by atoms with Crippen molar-refractivity contribution in [2.45, 2.75) is 12.3 Å². The molecular formula is C24H26N2O3. The van der Waals surface area contributed by atoms with Crippen molar-refractivity contribution in [1.29, 1.82) is 0 Å². The molecule has 0 aliphatic rings. The first-order valence-electron chi connectivity index (χ1n) is 9.58. The Balaban J connectivity index is 1.62. The first-order chi connectivity index (χ1) is 14.2. The van der Waals surface area contributed by atoms with E-state index < -0.39 is 0 Å². The van der Waals surface area contributed by atoms with Crippen LogP contribution in [0.4, 0.5) is 10.5 Å². The number of methoxy groups -OCH3 is 2. The van der Waals surface area contributed by atoms with Gasteiger partial charge in [0.05, 0.1) is 19.9 Å². The van der Waals surface area contributed by atoms with Gasteiger partial charge in [0.2, 0.25) is 0 Å². The van der Waals surface area contributed by atoms with Crippen LogP contribution >= 0.6 is 0 Å². The maximum Gasteiger partial charge on any atom is 0.319 e. The van der Waals surface area contributed by atoms with E-state index in [9.17, 15) is 4.79 Å². The lowest BCUT2D eigenvalue weighted by Crippen LogP contribution is -2.30. The minimum atomic E-state index is -0.270. The van der Waals surface area contributed by atoms with E-state index in [4.69, 9.17) is 9.47 Å². The quantitative estimate of drug-likeness (QED) is 0.566. The van der Waals surface area contributed by atoms with Crippen molar-refractivity contribution in [3.05, 3.63) is 90.0 Å². The summed E-state index contributed by atoms with van der Waals surface area (Å²) in [5.74, 6) is 1.43. The highest BCUT2D eigenvalue weighted by Crippen LogP contribution is 2.29. The molecule has 0 heterocycles. The number of rotatable bonds is 8. The number of ether oxygens (including phenoxy) is 2. The number of nitrogens with one attached hydrogen (secondary N) is 2. The largest absolute Gasteiger partial charge is 0.497 e. The van der Waals surface area contributed by atoms with Gasteiger partial charge < -0.3 is 20.1 Å². The fourth-order valence-corrected chi connectivity index (χ4v) is 3.29. The molecule has 0 saturated heterocycles. The van der Waals surface area contributed by atoms with E-state index in [1.807, 2.05) is 36.4 Å². The summed E-state index contributed by atoms with van der Waals surface area (Å²) in [5.41, 5.74) is 3.06. The lowest BCUT2D eigenvalue weighted by Gasteiger charge is -2.19. The van der Waals surface area contributed by atoms with Crippen LogP contribution in [-0.2, 0) is 0 Å². The van der Waals surface area contributed by atoms with Crippen molar-refractivity contribution < 1.29 is 14.3 Å². The average molecular weight is 390 g/mol. The Kier molecular flexibility index (Phi) is 7.11. The van der Waals surface area contributed by atoms with Crippen LogP contribution in [0, 0.1) is 0 Å². The van der Waals surface area contributed by atoms with Crippen molar-refractivity contribution >= 4 is 11.7 Å². The molecule has 0 saturated carbocycles. The summed E-state index contributed by atoms with van der Waals surface area (Å²) >= 11 is 0. The first-order valence-corrected chi connectivity index (χ1v) is 9.58. The lowest BCUT2D eigenvalue weighted by molar-refractivity contribution is 0.251. The fourth-order valence-electron chi connectivity index (χ4n) is 3.29. The van der Waals surface area contributed by atoms with Gasteiger partial charge in [-0.1, -0.05) is 60.7 Å². The molecule has 0 unspecified atom stereocenters. The summed E-state index contributed by atoms with van der Waals surface area (Å²) in [6.45, 7) is 0.540. The van der Waals surface area contributed by atoms with Gasteiger partial charge in [-0.25, -0.2) is 4.79 Å². The van der Waals surface area contributed by atoms with Gasteiger partial charge in [-0.2, -0.15) is 0 Å². The van der Waals surface area contributed by atoms with Crippen LogP contribution in [0.15, 0.2) is 78.9 Å². The molecule has 0 bridgehead atoms. The zero-order valence-electron chi connectivity index (χ0n) is 16.7. The van der Waals surface area contributed by atoms with E-state index >= 15 is 0 Å². The highest BCUT2D eigenvalue weighted by atomic mass is 16.5. The van der Waals surface area contributed by atoms with Gasteiger partial charge in [-0.05, 0) is 29.7 Å². The number of carbonyl (C=O) groups is 1. The third kappa shape index (κ3) is 5.51. The van der Waals surface area contributed by atoms with E-state index in [2.05, 4.69) is 34.9 Å². The van der Waals surface area contributed by atoms with E-state index in [-0.39, 0.29) is 11.9 Å². The predicted molar refractivity (Wildman–Crippen MR) is 116 cm³/mol. The monoisotopic (exact) mass is 390 g/mol. The van der Waals surface area contributed by atoms with E-state index in [0.717, 1.165) is 6.42 Å². The Morgan fingerprint density at radius 3 is 2.03 bits per heavy atom. The standard InChI is InChI=1S/C24H26N2O3/c1-28-20-13-14-22(23(17-20)29-2)26-24(27)25-16-15-21(18-9-5-3-6-10-18)19-11-7-4-8-12-19/h3-14,17,21H,15-16H2,1-2H3,(H2,25,26,27). The SMILES string of the molecule is COc1ccc(NC(=O)NCCC(c2ccccc2)c2ccccc2)c(OC)c1. The summed E-state index contributed by atoms with van der Waals surface area (Å²) in [6.07, 6.45) is 0.793. The molecule has 5 heteroatoms. The normalized spacial score (nSPS) is 10.4. The van der Waals surface area contributed by atoms with Gasteiger partial charge in [0, 0.05) is 18.5 Å². The summed E-state index contributed by atoms with van der Waals surface area (Å²) in [6, 6.07) is 25.7. The maximum atomic E-state index is 12.4. The average Bonchev–Trinajstić information content (AvgIpc) is 2.78. The number of urea groups is 1. The molecule has 3 aromatic carbocycles. The number of anilines is 1. The van der Waals surface area contributed by atoms with E-state index in [1.165, 1.54) is 11.1 Å². The Labute approximate surface area is 171 Å². The van der Waals surface area contributed by atoms with Crippen molar-refractivity contribution in [3.63, 3.8) is 0 Å². The minimum Gasteiger partial charge on any atom is -0.497 e. The smallest absolute Gasteiger partial charge is 0.319 e. The number of hydrogen-bond donors (Lipinski definition) is 2. The van der Waals surface area contributed by atoms with Crippen LogP contribution in [0.25, 0.3) is 0 Å². The Morgan fingerprint density at radius 1 is 0.862 bits per heavy atom. The van der Waals surface area contributed by atoms with Gasteiger partial charge in [-0.3, -0.25) is 0 Å². The zero-order valence-corrected chi connectivity index (χ0v) is 16.7. The third-order valence-corrected chi connectivity index (χ3v) is 4.78. The van der Waals surface area contributed by atoms with E-state index in [0.29, 0.717) is 23.7 Å². The van der Waals surface area contributed by atoms with Crippen molar-refractivity contribution in [1.82, 2.24) is 5.32 Å². The Hall–Kier alpha value is -3.47. The zero-order chi connectivity index (χ0) is 20.5. The van der Waals surface area contributed by atoms with Gasteiger partial charge in [0.25, 0.3) is 0 Å². The topological polar surface area (TPSA) is 59.6 Å². The highest BCUT2D eigenvalue weighted by Gasteiger charge is 2.14. The molecule has 2 amide bonds. The van der Waals surface area contributed by atoms with Gasteiger partial charge in [0.15, 0.2) is 0 Å². The molecule has 29 heavy (non-hydrogen) atoms. The number of hydrogen-bond acceptors (Lipinski definition) is 3. The predicted octanol–water partition coefficient (Wildman–Crippen LogP) is 5.05. The molecule has 0 aromatic heterocycles. The summed E-state index contributed by atoms with van der Waals surface area (Å²) < 4.78 is 10.5. The second kappa shape index (κ2) is 10.2. The molecule has 150 valence electrons. The number of benzene rings is 3. The van der Waals surface area contributed by atoms with Crippen LogP contribution in [-0.4, -0.2) is 26.8 Å². The van der Waals surface area contributed by atoms with Crippen LogP contribution in [0.2, 0.25) is 0 Å². The molecule has 3 aromatic rings. The molecular weight excluding hydrogens is 364 g/mol. The molecule has 2 N–H and O–H groups in total.